The first-order valence-corrected chi connectivity index (χ1v) is 9.45. The summed E-state index contributed by atoms with van der Waals surface area (Å²) < 4.78 is 0. The quantitative estimate of drug-likeness (QED) is 0.680. The van der Waals surface area contributed by atoms with Gasteiger partial charge in [0.05, 0.1) is 0 Å². The first kappa shape index (κ1) is 18.6. The molecule has 1 aliphatic heterocycles. The molecule has 0 aromatic heterocycles. The minimum absolute atomic E-state index is 0.0243. The molecule has 1 aliphatic rings. The lowest BCUT2D eigenvalue weighted by atomic mass is 10.1. The topological polar surface area (TPSA) is 66.5 Å². The number of benzene rings is 3. The highest BCUT2D eigenvalue weighted by Crippen LogP contribution is 2.28. The first-order chi connectivity index (χ1) is 14.0. The van der Waals surface area contributed by atoms with Gasteiger partial charge in [0.1, 0.15) is 0 Å². The van der Waals surface area contributed by atoms with Gasteiger partial charge in [0.15, 0.2) is 5.78 Å². The number of hydrogen-bond donors (Lipinski definition) is 1. The molecule has 0 saturated heterocycles. The van der Waals surface area contributed by atoms with E-state index in [-0.39, 0.29) is 17.6 Å². The number of Topliss-reactive ketones (excluding diaryl/α,β-unsaturated/α-hetero) is 1. The summed E-state index contributed by atoms with van der Waals surface area (Å²) in [5.74, 6) is -0.364. The Morgan fingerprint density at radius 2 is 1.41 bits per heavy atom. The zero-order valence-electron chi connectivity index (χ0n) is 16.0. The third-order valence-corrected chi connectivity index (χ3v) is 5.08. The highest BCUT2D eigenvalue weighted by Gasteiger charge is 2.25. The molecule has 0 aliphatic carbocycles. The van der Waals surface area contributed by atoms with Crippen molar-refractivity contribution < 1.29 is 14.4 Å². The molecule has 5 nitrogen and oxygen atoms in total. The van der Waals surface area contributed by atoms with Crippen molar-refractivity contribution in [3.05, 3.63) is 95.1 Å². The Morgan fingerprint density at radius 1 is 0.793 bits per heavy atom. The minimum atomic E-state index is -0.272. The van der Waals surface area contributed by atoms with E-state index < -0.39 is 0 Å². The standard InChI is InChI=1S/C24H20N2O3/c1-16(27)17-10-12-21(13-11-17)25-23(28)19-6-8-20(9-7-19)24(29)26-15-14-18-4-2-3-5-22(18)26/h2-13H,14-15H2,1H3,(H,25,28). The number of carbonyl (C=O) groups excluding carboxylic acids is 3. The molecule has 0 fully saturated rings. The van der Waals surface area contributed by atoms with Crippen molar-refractivity contribution in [1.82, 2.24) is 0 Å². The second-order valence-corrected chi connectivity index (χ2v) is 7.00. The second-order valence-electron chi connectivity index (χ2n) is 7.00. The van der Waals surface area contributed by atoms with E-state index in [4.69, 9.17) is 0 Å². The fourth-order valence-corrected chi connectivity index (χ4v) is 3.46. The van der Waals surface area contributed by atoms with E-state index in [1.165, 1.54) is 12.5 Å². The summed E-state index contributed by atoms with van der Waals surface area (Å²) in [6.07, 6.45) is 0.852. The van der Waals surface area contributed by atoms with E-state index in [2.05, 4.69) is 5.32 Å². The lowest BCUT2D eigenvalue weighted by Gasteiger charge is -2.17. The number of hydrogen-bond acceptors (Lipinski definition) is 3. The maximum atomic E-state index is 12.9. The molecule has 0 atom stereocenters. The molecule has 3 aromatic carbocycles. The van der Waals surface area contributed by atoms with E-state index in [9.17, 15) is 14.4 Å². The molecule has 4 rings (SSSR count). The third kappa shape index (κ3) is 3.80. The van der Waals surface area contributed by atoms with Gasteiger partial charge in [-0.1, -0.05) is 18.2 Å². The van der Waals surface area contributed by atoms with Gasteiger partial charge in [0.25, 0.3) is 11.8 Å². The Labute approximate surface area is 169 Å². The lowest BCUT2D eigenvalue weighted by Crippen LogP contribution is -2.28. The molecule has 0 bridgehead atoms. The monoisotopic (exact) mass is 384 g/mol. The average Bonchev–Trinajstić information content (AvgIpc) is 3.18. The van der Waals surface area contributed by atoms with Crippen molar-refractivity contribution in [1.29, 1.82) is 0 Å². The van der Waals surface area contributed by atoms with Crippen LogP contribution in [0, 0.1) is 0 Å². The summed E-state index contributed by atoms with van der Waals surface area (Å²) in [6, 6.07) is 21.3. The number of ketones is 1. The van der Waals surface area contributed by atoms with Crippen molar-refractivity contribution in [3.63, 3.8) is 0 Å². The molecule has 0 spiro atoms. The highest BCUT2D eigenvalue weighted by molar-refractivity contribution is 6.09. The minimum Gasteiger partial charge on any atom is -0.322 e. The Kier molecular flexibility index (Phi) is 4.96. The Balaban J connectivity index is 1.45. The molecular formula is C24H20N2O3. The van der Waals surface area contributed by atoms with Crippen molar-refractivity contribution in [2.75, 3.05) is 16.8 Å². The van der Waals surface area contributed by atoms with Gasteiger partial charge in [-0.15, -0.1) is 0 Å². The largest absolute Gasteiger partial charge is 0.322 e. The van der Waals surface area contributed by atoms with Gasteiger partial charge >= 0.3 is 0 Å². The predicted molar refractivity (Wildman–Crippen MR) is 113 cm³/mol. The molecule has 0 radical (unpaired) electrons. The van der Waals surface area contributed by atoms with Crippen LogP contribution in [0.3, 0.4) is 0 Å². The van der Waals surface area contributed by atoms with Crippen LogP contribution in [-0.4, -0.2) is 24.1 Å². The van der Waals surface area contributed by atoms with Crippen LogP contribution in [0.2, 0.25) is 0 Å². The fraction of sp³-hybridized carbons (Fsp3) is 0.125. The van der Waals surface area contributed by atoms with Gasteiger partial charge in [-0.05, 0) is 73.5 Å². The normalized spacial score (nSPS) is 12.4. The van der Waals surface area contributed by atoms with Crippen molar-refractivity contribution in [3.8, 4) is 0 Å². The van der Waals surface area contributed by atoms with E-state index in [1.807, 2.05) is 24.3 Å². The maximum Gasteiger partial charge on any atom is 0.258 e. The van der Waals surface area contributed by atoms with Gasteiger partial charge in [-0.25, -0.2) is 0 Å². The van der Waals surface area contributed by atoms with E-state index in [0.29, 0.717) is 28.9 Å². The number of fused-ring (bicyclic) bond motifs is 1. The van der Waals surface area contributed by atoms with Gasteiger partial charge in [-0.3, -0.25) is 14.4 Å². The average molecular weight is 384 g/mol. The SMILES string of the molecule is CC(=O)c1ccc(NC(=O)c2ccc(C(=O)N3CCc4ccccc43)cc2)cc1. The van der Waals surface area contributed by atoms with E-state index in [0.717, 1.165) is 12.1 Å². The predicted octanol–water partition coefficient (Wildman–Crippen LogP) is 4.34. The number of carbonyl (C=O) groups is 3. The van der Waals surface area contributed by atoms with Gasteiger partial charge in [0, 0.05) is 34.6 Å². The molecule has 0 unspecified atom stereocenters. The Bertz CT molecular complexity index is 1090. The molecular weight excluding hydrogens is 364 g/mol. The summed E-state index contributed by atoms with van der Waals surface area (Å²) in [5, 5.41) is 2.80. The van der Waals surface area contributed by atoms with Crippen LogP contribution in [0.15, 0.2) is 72.8 Å². The van der Waals surface area contributed by atoms with Crippen LogP contribution in [0.1, 0.15) is 43.6 Å². The van der Waals surface area contributed by atoms with Crippen molar-refractivity contribution >= 4 is 29.0 Å². The van der Waals surface area contributed by atoms with Crippen LogP contribution in [0.4, 0.5) is 11.4 Å². The van der Waals surface area contributed by atoms with Crippen LogP contribution in [0.25, 0.3) is 0 Å². The Morgan fingerprint density at radius 3 is 2.10 bits per heavy atom. The highest BCUT2D eigenvalue weighted by atomic mass is 16.2. The number of para-hydroxylation sites is 1. The summed E-state index contributed by atoms with van der Waals surface area (Å²) in [6.45, 7) is 2.16. The number of nitrogens with zero attached hydrogens (tertiary/aromatic N) is 1. The second kappa shape index (κ2) is 7.72. The molecule has 3 aromatic rings. The summed E-state index contributed by atoms with van der Waals surface area (Å²) in [4.78, 5) is 38.4. The zero-order chi connectivity index (χ0) is 20.4. The molecule has 1 N–H and O–H groups in total. The van der Waals surface area contributed by atoms with Gasteiger partial charge in [-0.2, -0.15) is 0 Å². The summed E-state index contributed by atoms with van der Waals surface area (Å²) >= 11 is 0. The van der Waals surface area contributed by atoms with Crippen LogP contribution in [-0.2, 0) is 6.42 Å². The van der Waals surface area contributed by atoms with E-state index >= 15 is 0 Å². The number of anilines is 2. The smallest absolute Gasteiger partial charge is 0.258 e. The van der Waals surface area contributed by atoms with Crippen LogP contribution >= 0.6 is 0 Å². The summed E-state index contributed by atoms with van der Waals surface area (Å²) in [7, 11) is 0. The van der Waals surface area contributed by atoms with Crippen molar-refractivity contribution in [2.45, 2.75) is 13.3 Å². The lowest BCUT2D eigenvalue weighted by molar-refractivity contribution is 0.0984. The first-order valence-electron chi connectivity index (χ1n) is 9.45. The van der Waals surface area contributed by atoms with Gasteiger partial charge in [0.2, 0.25) is 0 Å². The summed E-state index contributed by atoms with van der Waals surface area (Å²) in [5.41, 5.74) is 4.33. The number of nitrogens with one attached hydrogen (secondary N) is 1. The Hall–Kier alpha value is -3.73. The molecule has 0 saturated carbocycles. The molecule has 2 amide bonds. The van der Waals surface area contributed by atoms with Crippen molar-refractivity contribution in [2.24, 2.45) is 0 Å². The van der Waals surface area contributed by atoms with Gasteiger partial charge < -0.3 is 10.2 Å². The third-order valence-electron chi connectivity index (χ3n) is 5.08. The molecule has 144 valence electrons. The number of amides is 2. The molecule has 1 heterocycles. The maximum absolute atomic E-state index is 12.9. The van der Waals surface area contributed by atoms with Crippen LogP contribution in [0.5, 0.6) is 0 Å². The zero-order valence-corrected chi connectivity index (χ0v) is 16.0. The van der Waals surface area contributed by atoms with Crippen LogP contribution < -0.4 is 10.2 Å². The molecule has 29 heavy (non-hydrogen) atoms. The van der Waals surface area contributed by atoms with E-state index in [1.54, 1.807) is 53.4 Å². The number of rotatable bonds is 4. The fourth-order valence-electron chi connectivity index (χ4n) is 3.46. The molecule has 5 heteroatoms.